The van der Waals surface area contributed by atoms with Crippen molar-refractivity contribution in [1.29, 1.82) is 0 Å². The van der Waals surface area contributed by atoms with E-state index in [2.05, 4.69) is 30.4 Å². The summed E-state index contributed by atoms with van der Waals surface area (Å²) in [6.45, 7) is 4.37. The van der Waals surface area contributed by atoms with Gasteiger partial charge in [0.05, 0.1) is 0 Å². The zero-order chi connectivity index (χ0) is 9.54. The molecule has 2 heterocycles. The predicted octanol–water partition coefficient (Wildman–Crippen LogP) is 2.86. The highest BCUT2D eigenvalue weighted by Crippen LogP contribution is 2.33. The number of hydrogen-bond acceptors (Lipinski definition) is 2. The Morgan fingerprint density at radius 1 is 1.36 bits per heavy atom. The molecule has 2 heteroatoms. The van der Waals surface area contributed by atoms with Crippen LogP contribution < -0.4 is 5.32 Å². The molecule has 0 unspecified atom stereocenters. The smallest absolute Gasteiger partial charge is 0.0349 e. The third-order valence-electron chi connectivity index (χ3n) is 2.87. The van der Waals surface area contributed by atoms with Gasteiger partial charge in [0.15, 0.2) is 0 Å². The van der Waals surface area contributed by atoms with Crippen molar-refractivity contribution in [1.82, 2.24) is 5.32 Å². The van der Waals surface area contributed by atoms with Gasteiger partial charge in [0, 0.05) is 16.1 Å². The van der Waals surface area contributed by atoms with Crippen LogP contribution in [0.5, 0.6) is 0 Å². The van der Waals surface area contributed by atoms with E-state index >= 15 is 0 Å². The van der Waals surface area contributed by atoms with E-state index in [-0.39, 0.29) is 0 Å². The van der Waals surface area contributed by atoms with Crippen LogP contribution in [0.1, 0.15) is 16.0 Å². The zero-order valence-electron chi connectivity index (χ0n) is 8.26. The van der Waals surface area contributed by atoms with Gasteiger partial charge in [-0.3, -0.25) is 0 Å². The van der Waals surface area contributed by atoms with E-state index < -0.39 is 0 Å². The van der Waals surface area contributed by atoms with Crippen LogP contribution in [0, 0.1) is 6.92 Å². The standard InChI is InChI=1S/C12H13NS/c1-8-2-3-11-10(6-8)9-4-5-13-7-12(9)14-11/h2-3,6,13H,4-5,7H2,1H3. The average Bonchev–Trinajstić information content (AvgIpc) is 2.56. The molecule has 0 spiro atoms. The summed E-state index contributed by atoms with van der Waals surface area (Å²) >= 11 is 1.95. The molecule has 0 saturated heterocycles. The Balaban J connectivity index is 2.32. The van der Waals surface area contributed by atoms with Crippen LogP contribution in [-0.4, -0.2) is 6.54 Å². The maximum atomic E-state index is 3.43. The molecule has 0 amide bonds. The summed E-state index contributed by atoms with van der Waals surface area (Å²) in [7, 11) is 0. The van der Waals surface area contributed by atoms with Gasteiger partial charge >= 0.3 is 0 Å². The first-order valence-electron chi connectivity index (χ1n) is 5.06. The van der Waals surface area contributed by atoms with Crippen molar-refractivity contribution in [2.45, 2.75) is 19.9 Å². The van der Waals surface area contributed by atoms with Gasteiger partial charge in [-0.15, -0.1) is 11.3 Å². The lowest BCUT2D eigenvalue weighted by Crippen LogP contribution is -2.21. The number of nitrogens with one attached hydrogen (secondary N) is 1. The minimum absolute atomic E-state index is 1.06. The Morgan fingerprint density at radius 3 is 3.21 bits per heavy atom. The summed E-state index contributed by atoms with van der Waals surface area (Å²) in [5, 5.41) is 4.92. The first-order valence-corrected chi connectivity index (χ1v) is 5.88. The van der Waals surface area contributed by atoms with Crippen molar-refractivity contribution >= 4 is 21.4 Å². The second-order valence-corrected chi connectivity index (χ2v) is 5.07. The normalized spacial score (nSPS) is 15.8. The fourth-order valence-corrected chi connectivity index (χ4v) is 3.35. The molecule has 0 fully saturated rings. The van der Waals surface area contributed by atoms with Crippen LogP contribution in [0.15, 0.2) is 18.2 Å². The van der Waals surface area contributed by atoms with E-state index in [1.165, 1.54) is 26.9 Å². The molecule has 2 aromatic rings. The molecular weight excluding hydrogens is 190 g/mol. The molecule has 14 heavy (non-hydrogen) atoms. The van der Waals surface area contributed by atoms with Crippen molar-refractivity contribution in [2.24, 2.45) is 0 Å². The third-order valence-corrected chi connectivity index (χ3v) is 4.08. The van der Waals surface area contributed by atoms with Gasteiger partial charge in [0.2, 0.25) is 0 Å². The highest BCUT2D eigenvalue weighted by Gasteiger charge is 2.14. The molecule has 0 bridgehead atoms. The van der Waals surface area contributed by atoms with E-state index in [1.54, 1.807) is 5.56 Å². The number of thiophene rings is 1. The van der Waals surface area contributed by atoms with Gasteiger partial charge in [0.25, 0.3) is 0 Å². The van der Waals surface area contributed by atoms with Gasteiger partial charge in [-0.05, 0) is 36.9 Å². The molecule has 1 nitrogen and oxygen atoms in total. The highest BCUT2D eigenvalue weighted by atomic mass is 32.1. The molecule has 3 rings (SSSR count). The lowest BCUT2D eigenvalue weighted by molar-refractivity contribution is 0.657. The van der Waals surface area contributed by atoms with Crippen LogP contribution in [0.4, 0.5) is 0 Å². The van der Waals surface area contributed by atoms with E-state index in [4.69, 9.17) is 0 Å². The summed E-state index contributed by atoms with van der Waals surface area (Å²) < 4.78 is 1.45. The monoisotopic (exact) mass is 203 g/mol. The maximum absolute atomic E-state index is 3.43. The SMILES string of the molecule is Cc1ccc2sc3c(c2c1)CCNC3. The Hall–Kier alpha value is -0.860. The molecule has 0 saturated carbocycles. The number of fused-ring (bicyclic) bond motifs is 3. The molecule has 0 atom stereocenters. The summed E-state index contributed by atoms with van der Waals surface area (Å²) in [6.07, 6.45) is 1.19. The molecule has 1 aromatic heterocycles. The number of rotatable bonds is 0. The summed E-state index contributed by atoms with van der Waals surface area (Å²) in [4.78, 5) is 1.54. The van der Waals surface area contributed by atoms with Crippen LogP contribution in [0.25, 0.3) is 10.1 Å². The van der Waals surface area contributed by atoms with Gasteiger partial charge in [0.1, 0.15) is 0 Å². The van der Waals surface area contributed by atoms with Crippen molar-refractivity contribution in [3.05, 3.63) is 34.2 Å². The Bertz CT molecular complexity index is 484. The van der Waals surface area contributed by atoms with Crippen LogP contribution in [0.2, 0.25) is 0 Å². The summed E-state index contributed by atoms with van der Waals surface area (Å²) in [5.74, 6) is 0. The average molecular weight is 203 g/mol. The molecule has 1 aliphatic rings. The van der Waals surface area contributed by atoms with E-state index in [0.29, 0.717) is 0 Å². The molecular formula is C12H13NS. The molecule has 1 aromatic carbocycles. The molecule has 1 aliphatic heterocycles. The number of benzene rings is 1. The van der Waals surface area contributed by atoms with Gasteiger partial charge in [-0.1, -0.05) is 17.7 Å². The van der Waals surface area contributed by atoms with Crippen molar-refractivity contribution < 1.29 is 0 Å². The lowest BCUT2D eigenvalue weighted by Gasteiger charge is -2.12. The first-order chi connectivity index (χ1) is 6.84. The number of hydrogen-bond donors (Lipinski definition) is 1. The quantitative estimate of drug-likeness (QED) is 0.694. The first kappa shape index (κ1) is 8.45. The summed E-state index contributed by atoms with van der Waals surface area (Å²) in [6, 6.07) is 6.79. The lowest BCUT2D eigenvalue weighted by atomic mass is 10.0. The van der Waals surface area contributed by atoms with Gasteiger partial charge in [-0.2, -0.15) is 0 Å². The van der Waals surface area contributed by atoms with Crippen LogP contribution in [-0.2, 0) is 13.0 Å². The molecule has 72 valence electrons. The molecule has 0 aliphatic carbocycles. The molecule has 1 N–H and O–H groups in total. The minimum atomic E-state index is 1.06. The van der Waals surface area contributed by atoms with Crippen LogP contribution >= 0.6 is 11.3 Å². The van der Waals surface area contributed by atoms with Crippen molar-refractivity contribution in [3.63, 3.8) is 0 Å². The third kappa shape index (κ3) is 1.18. The van der Waals surface area contributed by atoms with E-state index in [0.717, 1.165) is 13.1 Å². The Morgan fingerprint density at radius 2 is 2.29 bits per heavy atom. The summed E-state index contributed by atoms with van der Waals surface area (Å²) in [5.41, 5.74) is 2.96. The van der Waals surface area contributed by atoms with E-state index in [1.807, 2.05) is 11.3 Å². The van der Waals surface area contributed by atoms with Crippen molar-refractivity contribution in [3.8, 4) is 0 Å². The Kier molecular flexibility index (Phi) is 1.85. The highest BCUT2D eigenvalue weighted by molar-refractivity contribution is 7.19. The largest absolute Gasteiger partial charge is 0.312 e. The van der Waals surface area contributed by atoms with Crippen LogP contribution in [0.3, 0.4) is 0 Å². The van der Waals surface area contributed by atoms with Crippen molar-refractivity contribution in [2.75, 3.05) is 6.54 Å². The fraction of sp³-hybridized carbons (Fsp3) is 0.333. The topological polar surface area (TPSA) is 12.0 Å². The fourth-order valence-electron chi connectivity index (χ4n) is 2.15. The minimum Gasteiger partial charge on any atom is -0.312 e. The molecule has 0 radical (unpaired) electrons. The Labute approximate surface area is 87.8 Å². The second-order valence-electron chi connectivity index (χ2n) is 3.93. The number of aryl methyl sites for hydroxylation is 1. The van der Waals surface area contributed by atoms with Gasteiger partial charge in [-0.25, -0.2) is 0 Å². The van der Waals surface area contributed by atoms with E-state index in [9.17, 15) is 0 Å². The zero-order valence-corrected chi connectivity index (χ0v) is 9.08. The second kappa shape index (κ2) is 3.07. The predicted molar refractivity (Wildman–Crippen MR) is 62.0 cm³/mol. The maximum Gasteiger partial charge on any atom is 0.0349 e. The van der Waals surface area contributed by atoms with Gasteiger partial charge < -0.3 is 5.32 Å².